The molecular weight excluding hydrogens is 781 g/mol. The monoisotopic (exact) mass is 877 g/mol. The van der Waals surface area contributed by atoms with Crippen molar-refractivity contribution in [3.8, 4) is 0 Å². The van der Waals surface area contributed by atoms with Gasteiger partial charge in [0.05, 0.1) is 0 Å². The van der Waals surface area contributed by atoms with Crippen molar-refractivity contribution in [1.29, 1.82) is 0 Å². The first-order valence-electron chi connectivity index (χ1n) is 26.1. The third kappa shape index (κ3) is 49.5. The Bertz CT molecular complexity index is 1240. The first-order chi connectivity index (χ1) is 31.0. The fraction of sp³-hybridized carbons (Fsp3) is 0.702. The molecule has 0 rings (SSSR count). The van der Waals surface area contributed by atoms with E-state index >= 15 is 0 Å². The highest BCUT2D eigenvalue weighted by Crippen LogP contribution is 2.14. The SMILES string of the molecule is CC/C=C\C/C=C\C/C=C\C/C=C\CCCCCCCCCCC(=O)OCC(COC(=O)CCCCCCCCC)OC(=O)CCCCCCCCC/C=C\C/C=C\C/C=C\CC. The van der Waals surface area contributed by atoms with Gasteiger partial charge in [-0.15, -0.1) is 0 Å². The molecule has 0 aliphatic heterocycles. The van der Waals surface area contributed by atoms with E-state index < -0.39 is 6.10 Å². The Hall–Kier alpha value is -3.41. The molecule has 0 spiro atoms. The maximum Gasteiger partial charge on any atom is 0.306 e. The van der Waals surface area contributed by atoms with Gasteiger partial charge in [0.1, 0.15) is 13.2 Å². The fourth-order valence-electron chi connectivity index (χ4n) is 7.04. The maximum absolute atomic E-state index is 12.8. The van der Waals surface area contributed by atoms with E-state index in [2.05, 4.69) is 106 Å². The first kappa shape index (κ1) is 59.6. The van der Waals surface area contributed by atoms with Crippen molar-refractivity contribution in [3.63, 3.8) is 0 Å². The van der Waals surface area contributed by atoms with Crippen LogP contribution in [-0.4, -0.2) is 37.2 Å². The molecule has 0 aromatic carbocycles. The zero-order valence-corrected chi connectivity index (χ0v) is 41.1. The lowest BCUT2D eigenvalue weighted by Gasteiger charge is -2.18. The van der Waals surface area contributed by atoms with Gasteiger partial charge in [0.25, 0.3) is 0 Å². The normalized spacial score (nSPS) is 12.7. The van der Waals surface area contributed by atoms with Crippen molar-refractivity contribution in [2.75, 3.05) is 13.2 Å². The zero-order valence-electron chi connectivity index (χ0n) is 41.1. The van der Waals surface area contributed by atoms with Gasteiger partial charge in [0, 0.05) is 19.3 Å². The summed E-state index contributed by atoms with van der Waals surface area (Å²) >= 11 is 0. The van der Waals surface area contributed by atoms with Crippen LogP contribution in [0.1, 0.15) is 239 Å². The molecule has 6 nitrogen and oxygen atoms in total. The number of ether oxygens (including phenoxy) is 3. The largest absolute Gasteiger partial charge is 0.462 e. The molecule has 1 unspecified atom stereocenters. The van der Waals surface area contributed by atoms with Crippen LogP contribution in [0.2, 0.25) is 0 Å². The van der Waals surface area contributed by atoms with Crippen molar-refractivity contribution in [1.82, 2.24) is 0 Å². The lowest BCUT2D eigenvalue weighted by atomic mass is 10.1. The quantitative estimate of drug-likeness (QED) is 0.0262. The van der Waals surface area contributed by atoms with Crippen molar-refractivity contribution in [2.24, 2.45) is 0 Å². The Labute approximate surface area is 388 Å². The summed E-state index contributed by atoms with van der Waals surface area (Å²) in [5.74, 6) is -0.908. The van der Waals surface area contributed by atoms with Crippen molar-refractivity contribution < 1.29 is 28.6 Å². The topological polar surface area (TPSA) is 78.9 Å². The molecule has 63 heavy (non-hydrogen) atoms. The van der Waals surface area contributed by atoms with Crippen molar-refractivity contribution in [2.45, 2.75) is 245 Å². The zero-order chi connectivity index (χ0) is 45.8. The Morgan fingerprint density at radius 2 is 0.619 bits per heavy atom. The number of esters is 3. The molecule has 0 aliphatic carbocycles. The Kier molecular flexibility index (Phi) is 48.5. The highest BCUT2D eigenvalue weighted by molar-refractivity contribution is 5.71. The van der Waals surface area contributed by atoms with Crippen LogP contribution in [0.15, 0.2) is 85.1 Å². The van der Waals surface area contributed by atoms with E-state index in [1.54, 1.807) is 0 Å². The molecule has 0 bridgehead atoms. The lowest BCUT2D eigenvalue weighted by molar-refractivity contribution is -0.167. The number of rotatable bonds is 46. The predicted molar refractivity (Wildman–Crippen MR) is 270 cm³/mol. The fourth-order valence-corrected chi connectivity index (χ4v) is 7.04. The van der Waals surface area contributed by atoms with Gasteiger partial charge in [-0.25, -0.2) is 0 Å². The van der Waals surface area contributed by atoms with Crippen molar-refractivity contribution in [3.05, 3.63) is 85.1 Å². The Morgan fingerprint density at radius 3 is 0.968 bits per heavy atom. The van der Waals surface area contributed by atoms with E-state index in [1.807, 2.05) is 0 Å². The molecule has 0 aromatic rings. The number of hydrogen-bond donors (Lipinski definition) is 0. The number of hydrogen-bond acceptors (Lipinski definition) is 6. The van der Waals surface area contributed by atoms with E-state index in [0.29, 0.717) is 19.3 Å². The standard InChI is InChI=1S/C57H96O6/c1-4-7-10-13-16-18-20-22-24-26-27-28-29-31-32-34-36-38-41-44-47-50-56(59)62-53-54(52-61-55(58)49-46-43-40-15-12-9-6-3)63-57(60)51-48-45-42-39-37-35-33-30-25-23-21-19-17-14-11-8-5-2/h7-8,10-11,16-19,22-25,27-28,54H,4-6,9,12-15,20-21,26,29-53H2,1-3H3/b10-7-,11-8-,18-16-,19-17-,24-22-,25-23-,28-27-. The summed E-state index contributed by atoms with van der Waals surface area (Å²) in [6.45, 7) is 6.36. The van der Waals surface area contributed by atoms with E-state index in [1.165, 1.54) is 83.5 Å². The summed E-state index contributed by atoms with van der Waals surface area (Å²) < 4.78 is 16.7. The summed E-state index contributed by atoms with van der Waals surface area (Å²) in [4.78, 5) is 37.8. The summed E-state index contributed by atoms with van der Waals surface area (Å²) in [7, 11) is 0. The molecule has 0 aromatic heterocycles. The Morgan fingerprint density at radius 1 is 0.333 bits per heavy atom. The van der Waals surface area contributed by atoms with Crippen LogP contribution in [0.5, 0.6) is 0 Å². The van der Waals surface area contributed by atoms with Crippen LogP contribution in [0.3, 0.4) is 0 Å². The van der Waals surface area contributed by atoms with E-state index in [4.69, 9.17) is 14.2 Å². The predicted octanol–water partition coefficient (Wildman–Crippen LogP) is 17.2. The lowest BCUT2D eigenvalue weighted by Crippen LogP contribution is -2.30. The van der Waals surface area contributed by atoms with Crippen LogP contribution < -0.4 is 0 Å². The average molecular weight is 877 g/mol. The highest BCUT2D eigenvalue weighted by Gasteiger charge is 2.19. The number of carbonyl (C=O) groups is 3. The first-order valence-corrected chi connectivity index (χ1v) is 26.1. The Balaban J connectivity index is 4.27. The molecule has 0 saturated carbocycles. The molecule has 6 heteroatoms. The van der Waals surface area contributed by atoms with Crippen LogP contribution >= 0.6 is 0 Å². The molecule has 0 saturated heterocycles. The molecule has 0 amide bonds. The van der Waals surface area contributed by atoms with Gasteiger partial charge < -0.3 is 14.2 Å². The molecule has 0 N–H and O–H groups in total. The highest BCUT2D eigenvalue weighted by atomic mass is 16.6. The van der Waals surface area contributed by atoms with Crippen LogP contribution in [-0.2, 0) is 28.6 Å². The molecule has 0 fully saturated rings. The second-order valence-corrected chi connectivity index (χ2v) is 17.0. The van der Waals surface area contributed by atoms with Gasteiger partial charge >= 0.3 is 17.9 Å². The third-order valence-corrected chi connectivity index (χ3v) is 10.9. The minimum Gasteiger partial charge on any atom is -0.462 e. The summed E-state index contributed by atoms with van der Waals surface area (Å²) in [6.07, 6.45) is 65.8. The smallest absolute Gasteiger partial charge is 0.306 e. The minimum absolute atomic E-state index is 0.0830. The summed E-state index contributed by atoms with van der Waals surface area (Å²) in [6, 6.07) is 0. The summed E-state index contributed by atoms with van der Waals surface area (Å²) in [5.41, 5.74) is 0. The molecule has 0 aliphatic rings. The molecule has 0 heterocycles. The molecule has 360 valence electrons. The third-order valence-electron chi connectivity index (χ3n) is 10.9. The van der Waals surface area contributed by atoms with Gasteiger partial charge in [0.15, 0.2) is 6.10 Å². The van der Waals surface area contributed by atoms with Gasteiger partial charge in [0.2, 0.25) is 0 Å². The van der Waals surface area contributed by atoms with Crippen LogP contribution in [0.25, 0.3) is 0 Å². The second-order valence-electron chi connectivity index (χ2n) is 17.0. The van der Waals surface area contributed by atoms with Gasteiger partial charge in [-0.1, -0.05) is 215 Å². The number of allylic oxidation sites excluding steroid dienone is 14. The van der Waals surface area contributed by atoms with E-state index in [0.717, 1.165) is 116 Å². The van der Waals surface area contributed by atoms with Gasteiger partial charge in [-0.2, -0.15) is 0 Å². The van der Waals surface area contributed by atoms with E-state index in [9.17, 15) is 14.4 Å². The second kappa shape index (κ2) is 51.2. The number of carbonyl (C=O) groups excluding carboxylic acids is 3. The van der Waals surface area contributed by atoms with Crippen LogP contribution in [0, 0.1) is 0 Å². The maximum atomic E-state index is 12.8. The minimum atomic E-state index is -0.782. The average Bonchev–Trinajstić information content (AvgIpc) is 3.28. The molecular formula is C57H96O6. The summed E-state index contributed by atoms with van der Waals surface area (Å²) in [5, 5.41) is 0. The van der Waals surface area contributed by atoms with Crippen LogP contribution in [0.4, 0.5) is 0 Å². The van der Waals surface area contributed by atoms with E-state index in [-0.39, 0.29) is 31.1 Å². The molecule has 1 atom stereocenters. The molecule has 0 radical (unpaired) electrons. The van der Waals surface area contributed by atoms with Crippen molar-refractivity contribution >= 4 is 17.9 Å². The number of unbranched alkanes of at least 4 members (excludes halogenated alkanes) is 21. The van der Waals surface area contributed by atoms with Gasteiger partial charge in [-0.3, -0.25) is 14.4 Å². The van der Waals surface area contributed by atoms with Gasteiger partial charge in [-0.05, 0) is 89.9 Å².